The molecular formula is C46H32N4. The Kier molecular flexibility index (Phi) is 6.43. The van der Waals surface area contributed by atoms with Crippen LogP contribution in [0.15, 0.2) is 164 Å². The topological polar surface area (TPSA) is 35.6 Å². The highest BCUT2D eigenvalue weighted by Gasteiger charge is 2.19. The molecule has 3 aromatic heterocycles. The van der Waals surface area contributed by atoms with E-state index in [0.717, 1.165) is 73.3 Å². The van der Waals surface area contributed by atoms with Crippen molar-refractivity contribution in [1.29, 1.82) is 0 Å². The second-order valence-electron chi connectivity index (χ2n) is 12.9. The van der Waals surface area contributed by atoms with E-state index in [1.54, 1.807) is 0 Å². The van der Waals surface area contributed by atoms with Crippen LogP contribution >= 0.6 is 0 Å². The fraction of sp³-hybridized carbons (Fsp3) is 0.0435. The standard InChI is InChI=1S/C46H32N4/c1-2-43-47-39-23-9-11-25-41(39)50(43)34-19-13-15-31(29-34)30-14-12-16-32(28-30)46-37-26-27-42-45(44(37)35-20-6-8-22-38(35)48-46)36-21-7-10-24-40(36)49(42)33-17-4-3-5-18-33/h3-29H,2H2,1H3. The predicted molar refractivity (Wildman–Crippen MR) is 208 cm³/mol. The van der Waals surface area contributed by atoms with Crippen molar-refractivity contribution in [3.63, 3.8) is 0 Å². The van der Waals surface area contributed by atoms with Crippen LogP contribution in [0.4, 0.5) is 0 Å². The minimum absolute atomic E-state index is 0.854. The molecule has 4 heteroatoms. The minimum atomic E-state index is 0.854. The molecule has 0 saturated heterocycles. The minimum Gasteiger partial charge on any atom is -0.309 e. The highest BCUT2D eigenvalue weighted by molar-refractivity contribution is 6.29. The second kappa shape index (κ2) is 11.3. The summed E-state index contributed by atoms with van der Waals surface area (Å²) < 4.78 is 4.68. The lowest BCUT2D eigenvalue weighted by Crippen LogP contribution is -2.00. The van der Waals surface area contributed by atoms with Crippen LogP contribution in [0.25, 0.3) is 88.3 Å². The molecule has 0 aliphatic carbocycles. The Morgan fingerprint density at radius 2 is 1.08 bits per heavy atom. The quantitative estimate of drug-likeness (QED) is 0.176. The summed E-state index contributed by atoms with van der Waals surface area (Å²) >= 11 is 0. The Morgan fingerprint density at radius 3 is 1.92 bits per heavy atom. The van der Waals surface area contributed by atoms with Gasteiger partial charge in [0.05, 0.1) is 33.3 Å². The van der Waals surface area contributed by atoms with E-state index >= 15 is 0 Å². The smallest absolute Gasteiger partial charge is 0.114 e. The molecule has 0 unspecified atom stereocenters. The van der Waals surface area contributed by atoms with Gasteiger partial charge in [0, 0.05) is 50.3 Å². The number of aryl methyl sites for hydroxylation is 1. The number of aromatic nitrogens is 4. The molecule has 10 rings (SSSR count). The van der Waals surface area contributed by atoms with Gasteiger partial charge in [0.1, 0.15) is 5.82 Å². The van der Waals surface area contributed by atoms with Crippen molar-refractivity contribution in [1.82, 2.24) is 19.1 Å². The fourth-order valence-corrected chi connectivity index (χ4v) is 7.85. The fourth-order valence-electron chi connectivity index (χ4n) is 7.85. The number of hydrogen-bond acceptors (Lipinski definition) is 2. The van der Waals surface area contributed by atoms with Crippen molar-refractivity contribution in [2.75, 3.05) is 0 Å². The molecule has 50 heavy (non-hydrogen) atoms. The van der Waals surface area contributed by atoms with E-state index in [-0.39, 0.29) is 0 Å². The first-order chi connectivity index (χ1) is 24.8. The van der Waals surface area contributed by atoms with E-state index in [4.69, 9.17) is 9.97 Å². The number of pyridine rings is 1. The van der Waals surface area contributed by atoms with Crippen LogP contribution in [0, 0.1) is 0 Å². The third kappa shape index (κ3) is 4.32. The van der Waals surface area contributed by atoms with E-state index in [9.17, 15) is 0 Å². The normalized spacial score (nSPS) is 11.8. The van der Waals surface area contributed by atoms with Gasteiger partial charge in [-0.25, -0.2) is 9.97 Å². The summed E-state index contributed by atoms with van der Waals surface area (Å²) in [6, 6.07) is 58.6. The molecule has 0 aliphatic rings. The zero-order chi connectivity index (χ0) is 33.2. The van der Waals surface area contributed by atoms with Crippen molar-refractivity contribution in [2.45, 2.75) is 13.3 Å². The first-order valence-corrected chi connectivity index (χ1v) is 17.2. The molecule has 0 saturated carbocycles. The molecule has 3 heterocycles. The average molecular weight is 641 g/mol. The van der Waals surface area contributed by atoms with Gasteiger partial charge in [0.15, 0.2) is 0 Å². The van der Waals surface area contributed by atoms with Gasteiger partial charge >= 0.3 is 0 Å². The molecule has 0 spiro atoms. The number of rotatable bonds is 5. The SMILES string of the molecule is CCc1nc2ccccc2n1-c1cccc(-c2cccc(-c3nc4ccccc4c4c3ccc3c4c4ccccc4n3-c3ccccc3)c2)c1. The summed E-state index contributed by atoms with van der Waals surface area (Å²) in [6.45, 7) is 2.17. The highest BCUT2D eigenvalue weighted by Crippen LogP contribution is 2.42. The maximum atomic E-state index is 5.36. The summed E-state index contributed by atoms with van der Waals surface area (Å²) in [5.74, 6) is 1.06. The molecule has 4 nitrogen and oxygen atoms in total. The monoisotopic (exact) mass is 640 g/mol. The Balaban J connectivity index is 1.20. The number of nitrogens with zero attached hydrogens (tertiary/aromatic N) is 4. The Hall–Kier alpha value is -6.52. The highest BCUT2D eigenvalue weighted by atomic mass is 15.1. The summed E-state index contributed by atoms with van der Waals surface area (Å²) in [4.78, 5) is 10.3. The summed E-state index contributed by atoms with van der Waals surface area (Å²) in [6.07, 6.45) is 0.854. The van der Waals surface area contributed by atoms with Gasteiger partial charge < -0.3 is 4.57 Å². The number of fused-ring (bicyclic) bond motifs is 8. The molecule has 0 atom stereocenters. The number of benzene rings is 7. The molecular weight excluding hydrogens is 609 g/mol. The average Bonchev–Trinajstić information content (AvgIpc) is 3.74. The van der Waals surface area contributed by atoms with E-state index in [1.807, 2.05) is 0 Å². The first kappa shape index (κ1) is 28.5. The van der Waals surface area contributed by atoms with Gasteiger partial charge in [-0.2, -0.15) is 0 Å². The summed E-state index contributed by atoms with van der Waals surface area (Å²) in [5, 5.41) is 6.04. The maximum absolute atomic E-state index is 5.36. The van der Waals surface area contributed by atoms with Crippen LogP contribution in [-0.2, 0) is 6.42 Å². The molecule has 0 aliphatic heterocycles. The Bertz CT molecular complexity index is 2910. The molecule has 10 aromatic rings. The van der Waals surface area contributed by atoms with Crippen LogP contribution in [-0.4, -0.2) is 19.1 Å². The maximum Gasteiger partial charge on any atom is 0.114 e. The molecule has 0 bridgehead atoms. The van der Waals surface area contributed by atoms with Gasteiger partial charge in [-0.3, -0.25) is 4.57 Å². The van der Waals surface area contributed by atoms with E-state index in [2.05, 4.69) is 180 Å². The van der Waals surface area contributed by atoms with Gasteiger partial charge in [-0.1, -0.05) is 110 Å². The van der Waals surface area contributed by atoms with Gasteiger partial charge in [0.2, 0.25) is 0 Å². The lowest BCUT2D eigenvalue weighted by molar-refractivity contribution is 0.908. The van der Waals surface area contributed by atoms with Gasteiger partial charge in [-0.05, 0) is 71.8 Å². The van der Waals surface area contributed by atoms with Crippen molar-refractivity contribution in [2.24, 2.45) is 0 Å². The van der Waals surface area contributed by atoms with Crippen molar-refractivity contribution >= 4 is 54.5 Å². The van der Waals surface area contributed by atoms with Gasteiger partial charge in [-0.15, -0.1) is 0 Å². The van der Waals surface area contributed by atoms with Crippen LogP contribution in [0.1, 0.15) is 12.7 Å². The zero-order valence-corrected chi connectivity index (χ0v) is 27.6. The zero-order valence-electron chi connectivity index (χ0n) is 27.6. The van der Waals surface area contributed by atoms with Crippen LogP contribution in [0.5, 0.6) is 0 Å². The van der Waals surface area contributed by atoms with Crippen molar-refractivity contribution in [3.8, 4) is 33.8 Å². The molecule has 0 fully saturated rings. The lowest BCUT2D eigenvalue weighted by Gasteiger charge is -2.14. The Morgan fingerprint density at radius 1 is 0.420 bits per heavy atom. The number of imidazole rings is 1. The number of hydrogen-bond donors (Lipinski definition) is 0. The first-order valence-electron chi connectivity index (χ1n) is 17.2. The van der Waals surface area contributed by atoms with E-state index in [0.29, 0.717) is 0 Å². The van der Waals surface area contributed by atoms with Crippen LogP contribution in [0.3, 0.4) is 0 Å². The molecule has 7 aromatic carbocycles. The molecule has 0 N–H and O–H groups in total. The van der Waals surface area contributed by atoms with Crippen LogP contribution < -0.4 is 0 Å². The lowest BCUT2D eigenvalue weighted by atomic mass is 9.94. The second-order valence-corrected chi connectivity index (χ2v) is 12.9. The summed E-state index contributed by atoms with van der Waals surface area (Å²) in [5.41, 5.74) is 12.2. The largest absolute Gasteiger partial charge is 0.309 e. The van der Waals surface area contributed by atoms with E-state index < -0.39 is 0 Å². The molecule has 0 amide bonds. The van der Waals surface area contributed by atoms with Crippen molar-refractivity contribution in [3.05, 3.63) is 170 Å². The molecule has 0 radical (unpaired) electrons. The summed E-state index contributed by atoms with van der Waals surface area (Å²) in [7, 11) is 0. The number of para-hydroxylation sites is 5. The van der Waals surface area contributed by atoms with Crippen molar-refractivity contribution < 1.29 is 0 Å². The van der Waals surface area contributed by atoms with Crippen LogP contribution in [0.2, 0.25) is 0 Å². The third-order valence-electron chi connectivity index (χ3n) is 10.0. The van der Waals surface area contributed by atoms with E-state index in [1.165, 1.54) is 27.2 Å². The van der Waals surface area contributed by atoms with Gasteiger partial charge in [0.25, 0.3) is 0 Å². The predicted octanol–water partition coefficient (Wildman–Crippen LogP) is 11.7. The molecule has 236 valence electrons. The Labute approximate surface area is 289 Å². The third-order valence-corrected chi connectivity index (χ3v) is 10.0.